The average Bonchev–Trinajstić information content (AvgIpc) is 2.41. The molecule has 114 valence electrons. The summed E-state index contributed by atoms with van der Waals surface area (Å²) < 4.78 is 5.91. The van der Waals surface area contributed by atoms with Crippen LogP contribution >= 0.6 is 47.4 Å². The van der Waals surface area contributed by atoms with E-state index in [-0.39, 0.29) is 5.41 Å². The van der Waals surface area contributed by atoms with Crippen molar-refractivity contribution in [2.45, 2.75) is 39.5 Å². The van der Waals surface area contributed by atoms with E-state index in [1.165, 1.54) is 0 Å². The van der Waals surface area contributed by atoms with Crippen LogP contribution in [0.15, 0.2) is 12.1 Å². The zero-order valence-corrected chi connectivity index (χ0v) is 15.0. The zero-order valence-electron chi connectivity index (χ0n) is 11.9. The first-order valence-corrected chi connectivity index (χ1v) is 8.63. The van der Waals surface area contributed by atoms with Gasteiger partial charge in [-0.3, -0.25) is 0 Å². The summed E-state index contributed by atoms with van der Waals surface area (Å²) in [5.41, 5.74) is 0.0854. The van der Waals surface area contributed by atoms with Crippen LogP contribution in [0, 0.1) is 5.41 Å². The predicted molar refractivity (Wildman–Crippen MR) is 93.1 cm³/mol. The van der Waals surface area contributed by atoms with E-state index in [0.717, 1.165) is 31.4 Å². The maximum Gasteiger partial charge on any atom is 0.139 e. The molecule has 0 aliphatic heterocycles. The van der Waals surface area contributed by atoms with Crippen LogP contribution in [0.2, 0.25) is 15.1 Å². The first-order valence-electron chi connectivity index (χ1n) is 6.86. The molecule has 0 saturated carbocycles. The molecule has 20 heavy (non-hydrogen) atoms. The van der Waals surface area contributed by atoms with Gasteiger partial charge in [0.2, 0.25) is 0 Å². The molecule has 1 aromatic carbocycles. The minimum absolute atomic E-state index is 0.0854. The molecule has 0 bridgehead atoms. The van der Waals surface area contributed by atoms with Crippen LogP contribution < -0.4 is 4.74 Å². The van der Waals surface area contributed by atoms with Gasteiger partial charge in [0.05, 0.1) is 21.7 Å². The maximum atomic E-state index is 6.14. The lowest BCUT2D eigenvalue weighted by Crippen LogP contribution is -2.30. The second-order valence-corrected chi connectivity index (χ2v) is 6.68. The van der Waals surface area contributed by atoms with Crippen LogP contribution in [0.4, 0.5) is 0 Å². The third-order valence-electron chi connectivity index (χ3n) is 3.40. The van der Waals surface area contributed by atoms with Gasteiger partial charge in [-0.15, -0.1) is 0 Å². The van der Waals surface area contributed by atoms with Crippen molar-refractivity contribution >= 4 is 47.4 Å². The van der Waals surface area contributed by atoms with Crippen molar-refractivity contribution in [3.63, 3.8) is 0 Å². The molecule has 0 aliphatic carbocycles. The van der Waals surface area contributed by atoms with E-state index in [4.69, 9.17) is 39.5 Å². The summed E-state index contributed by atoms with van der Waals surface area (Å²) in [4.78, 5) is 0. The minimum atomic E-state index is 0.0854. The van der Waals surface area contributed by atoms with Crippen molar-refractivity contribution in [3.05, 3.63) is 27.2 Å². The van der Waals surface area contributed by atoms with Crippen molar-refractivity contribution in [2.24, 2.45) is 5.41 Å². The molecule has 1 nitrogen and oxygen atoms in total. The molecule has 0 atom stereocenters. The molecule has 1 aromatic rings. The van der Waals surface area contributed by atoms with Gasteiger partial charge in [0, 0.05) is 11.5 Å². The highest BCUT2D eigenvalue weighted by molar-refractivity contribution is 7.80. The van der Waals surface area contributed by atoms with Crippen molar-refractivity contribution in [2.75, 3.05) is 12.4 Å². The molecular formula is C15H21Cl3OS. The number of hydrogen-bond donors (Lipinski definition) is 1. The normalized spacial score (nSPS) is 11.7. The van der Waals surface area contributed by atoms with Crippen molar-refractivity contribution in [1.29, 1.82) is 0 Å². The van der Waals surface area contributed by atoms with E-state index in [1.54, 1.807) is 12.1 Å². The minimum Gasteiger partial charge on any atom is -0.491 e. The van der Waals surface area contributed by atoms with Gasteiger partial charge < -0.3 is 4.74 Å². The second kappa shape index (κ2) is 8.63. The Labute approximate surface area is 142 Å². The molecule has 0 aliphatic rings. The third kappa shape index (κ3) is 4.91. The molecule has 0 aromatic heterocycles. The highest BCUT2D eigenvalue weighted by atomic mass is 35.5. The van der Waals surface area contributed by atoms with Crippen LogP contribution in [0.5, 0.6) is 5.75 Å². The summed E-state index contributed by atoms with van der Waals surface area (Å²) in [5.74, 6) is 1.38. The molecular weight excluding hydrogens is 335 g/mol. The average molecular weight is 356 g/mol. The molecule has 0 N–H and O–H groups in total. The number of halogens is 3. The molecule has 0 spiro atoms. The molecule has 0 heterocycles. The highest BCUT2D eigenvalue weighted by Crippen LogP contribution is 2.37. The van der Waals surface area contributed by atoms with E-state index >= 15 is 0 Å². The monoisotopic (exact) mass is 354 g/mol. The highest BCUT2D eigenvalue weighted by Gasteiger charge is 2.28. The number of rotatable bonds is 8. The Balaban J connectivity index is 2.84. The lowest BCUT2D eigenvalue weighted by molar-refractivity contribution is 0.144. The largest absolute Gasteiger partial charge is 0.491 e. The summed E-state index contributed by atoms with van der Waals surface area (Å²) in [6, 6.07) is 3.29. The molecule has 0 saturated heterocycles. The Morgan fingerprint density at radius 3 is 2.05 bits per heavy atom. The Morgan fingerprint density at radius 1 is 1.00 bits per heavy atom. The van der Waals surface area contributed by atoms with E-state index in [9.17, 15) is 0 Å². The number of benzene rings is 1. The smallest absolute Gasteiger partial charge is 0.139 e. The molecule has 1 rings (SSSR count). The fourth-order valence-electron chi connectivity index (χ4n) is 2.38. The van der Waals surface area contributed by atoms with E-state index in [2.05, 4.69) is 26.5 Å². The van der Waals surface area contributed by atoms with Gasteiger partial charge in [-0.25, -0.2) is 0 Å². The molecule has 0 fully saturated rings. The first kappa shape index (κ1) is 18.3. The molecule has 0 radical (unpaired) electrons. The van der Waals surface area contributed by atoms with Crippen LogP contribution in [0.25, 0.3) is 0 Å². The quantitative estimate of drug-likeness (QED) is 0.411. The third-order valence-corrected chi connectivity index (χ3v) is 5.09. The van der Waals surface area contributed by atoms with Crippen LogP contribution in [-0.2, 0) is 0 Å². The summed E-state index contributed by atoms with van der Waals surface area (Å²) >= 11 is 22.6. The Morgan fingerprint density at radius 2 is 1.55 bits per heavy atom. The Bertz CT molecular complexity index is 431. The maximum absolute atomic E-state index is 6.14. The van der Waals surface area contributed by atoms with Crippen molar-refractivity contribution in [1.82, 2.24) is 0 Å². The van der Waals surface area contributed by atoms with Gasteiger partial charge in [-0.2, -0.15) is 12.6 Å². The molecule has 0 amide bonds. The fraction of sp³-hybridized carbons (Fsp3) is 0.600. The predicted octanol–water partition coefficient (Wildman–Crippen LogP) is 6.54. The van der Waals surface area contributed by atoms with Crippen LogP contribution in [0.1, 0.15) is 39.5 Å². The van der Waals surface area contributed by atoms with Crippen molar-refractivity contribution in [3.8, 4) is 5.75 Å². The Hall–Kier alpha value is 0.240. The lowest BCUT2D eigenvalue weighted by Gasteiger charge is -2.32. The van der Waals surface area contributed by atoms with Gasteiger partial charge >= 0.3 is 0 Å². The summed E-state index contributed by atoms with van der Waals surface area (Å²) in [6.07, 6.45) is 4.39. The standard InChI is InChI=1S/C15H21Cl3OS/c1-3-5-15(10-20,6-4-2)9-19-14-8-12(17)11(16)7-13(14)18/h7-8,20H,3-6,9-10H2,1-2H3. The summed E-state index contributed by atoms with van der Waals surface area (Å²) in [6.45, 7) is 4.95. The van der Waals surface area contributed by atoms with Gasteiger partial charge in [0.1, 0.15) is 5.75 Å². The van der Waals surface area contributed by atoms with Crippen LogP contribution in [0.3, 0.4) is 0 Å². The van der Waals surface area contributed by atoms with Crippen molar-refractivity contribution < 1.29 is 4.74 Å². The first-order chi connectivity index (χ1) is 9.48. The number of thiol groups is 1. The topological polar surface area (TPSA) is 9.23 Å². The number of hydrogen-bond acceptors (Lipinski definition) is 2. The fourth-order valence-corrected chi connectivity index (χ4v) is 3.38. The van der Waals surface area contributed by atoms with E-state index < -0.39 is 0 Å². The van der Waals surface area contributed by atoms with E-state index in [0.29, 0.717) is 27.4 Å². The summed E-state index contributed by atoms with van der Waals surface area (Å²) in [7, 11) is 0. The molecule has 0 unspecified atom stereocenters. The SMILES string of the molecule is CCCC(CS)(CCC)COc1cc(Cl)c(Cl)cc1Cl. The number of ether oxygens (including phenoxy) is 1. The lowest BCUT2D eigenvalue weighted by atomic mass is 9.82. The van der Waals surface area contributed by atoms with Gasteiger partial charge in [-0.05, 0) is 24.7 Å². The van der Waals surface area contributed by atoms with Gasteiger partial charge in [0.15, 0.2) is 0 Å². The molecule has 5 heteroatoms. The summed E-state index contributed by atoms with van der Waals surface area (Å²) in [5, 5.41) is 1.38. The second-order valence-electron chi connectivity index (χ2n) is 5.14. The van der Waals surface area contributed by atoms with Gasteiger partial charge in [-0.1, -0.05) is 61.5 Å². The Kier molecular flexibility index (Phi) is 7.89. The van der Waals surface area contributed by atoms with Crippen LogP contribution in [-0.4, -0.2) is 12.4 Å². The van der Waals surface area contributed by atoms with Gasteiger partial charge in [0.25, 0.3) is 0 Å². The van der Waals surface area contributed by atoms with E-state index in [1.807, 2.05) is 0 Å². The zero-order chi connectivity index (χ0) is 15.2.